The Bertz CT molecular complexity index is 2200. The second-order valence-corrected chi connectivity index (χ2v) is 14.6. The van der Waals surface area contributed by atoms with Crippen LogP contribution in [-0.4, -0.2) is 116 Å². The highest BCUT2D eigenvalue weighted by molar-refractivity contribution is 5.95. The Morgan fingerprint density at radius 3 is 2.07 bits per heavy atom. The lowest BCUT2D eigenvalue weighted by Gasteiger charge is -2.23. The number of guanidine groups is 1. The summed E-state index contributed by atoms with van der Waals surface area (Å²) >= 11 is 0. The number of aliphatic imine (C=N–C) groups is 1. The second kappa shape index (κ2) is 31.4. The molecule has 0 bridgehead atoms. The number of hydrogen-bond acceptors (Lipinski definition) is 12. The number of phenolic OH excluding ortho intramolecular Hbond substituents is 1. The molecule has 384 valence electrons. The molecule has 26 heteroatoms. The molecule has 0 radical (unpaired) electrons. The highest BCUT2D eigenvalue weighted by Crippen LogP contribution is 2.28. The number of aliphatic carboxylic acids is 1. The average Bonchev–Trinajstić information content (AvgIpc) is 3.30. The fourth-order valence-corrected chi connectivity index (χ4v) is 5.76. The van der Waals surface area contributed by atoms with E-state index in [1.54, 1.807) is 61.5 Å². The van der Waals surface area contributed by atoms with Crippen molar-refractivity contribution in [1.29, 1.82) is 0 Å². The molecule has 0 aliphatic heterocycles. The first-order valence-corrected chi connectivity index (χ1v) is 21.6. The summed E-state index contributed by atoms with van der Waals surface area (Å²) in [4.78, 5) is 92.6. The number of urea groups is 1. The van der Waals surface area contributed by atoms with E-state index in [0.29, 0.717) is 54.8 Å². The summed E-state index contributed by atoms with van der Waals surface area (Å²) in [5, 5.41) is 32.1. The van der Waals surface area contributed by atoms with Gasteiger partial charge in [0.05, 0.1) is 12.5 Å². The summed E-state index contributed by atoms with van der Waals surface area (Å²) in [6.45, 7) is 1.89. The van der Waals surface area contributed by atoms with Crippen molar-refractivity contribution >= 4 is 47.5 Å². The second-order valence-electron chi connectivity index (χ2n) is 14.6. The van der Waals surface area contributed by atoms with Gasteiger partial charge in [-0.15, -0.1) is 0 Å². The van der Waals surface area contributed by atoms with E-state index in [0.717, 1.165) is 0 Å². The summed E-state index contributed by atoms with van der Waals surface area (Å²) in [5.74, 6) is -8.60. The zero-order valence-electron chi connectivity index (χ0n) is 38.0. The number of carbonyl (C=O) groups is 7. The maximum Gasteiger partial charge on any atom is 0.490 e. The number of carboxylic acid groups (broad SMARTS) is 1. The molecule has 21 nitrogen and oxygen atoms in total. The van der Waals surface area contributed by atoms with Gasteiger partial charge in [0.1, 0.15) is 29.2 Å². The van der Waals surface area contributed by atoms with Crippen molar-refractivity contribution in [1.82, 2.24) is 37.4 Å². The van der Waals surface area contributed by atoms with Crippen LogP contribution in [0.25, 0.3) is 0 Å². The summed E-state index contributed by atoms with van der Waals surface area (Å²) in [6, 6.07) is 15.2. The van der Waals surface area contributed by atoms with E-state index in [4.69, 9.17) is 30.9 Å². The number of nitrogens with zero attached hydrogens (tertiary/aromatic N) is 1. The number of nitrogens with two attached hydrogens (primary N) is 2. The molecule has 0 spiro atoms. The largest absolute Gasteiger partial charge is 0.508 e. The fraction of sp³-hybridized carbons (Fsp3) is 0.409. The number of rotatable bonds is 26. The van der Waals surface area contributed by atoms with Gasteiger partial charge in [0.2, 0.25) is 29.5 Å². The number of aromatic hydroxyl groups is 1. The van der Waals surface area contributed by atoms with Gasteiger partial charge in [0, 0.05) is 69.8 Å². The van der Waals surface area contributed by atoms with E-state index in [-0.39, 0.29) is 70.5 Å². The van der Waals surface area contributed by atoms with Gasteiger partial charge in [-0.1, -0.05) is 49.4 Å². The summed E-state index contributed by atoms with van der Waals surface area (Å²) in [6.07, 6.45) is -3.42. The first-order valence-electron chi connectivity index (χ1n) is 21.6. The van der Waals surface area contributed by atoms with Crippen molar-refractivity contribution in [2.75, 3.05) is 45.9 Å². The van der Waals surface area contributed by atoms with Gasteiger partial charge < -0.3 is 53.0 Å². The smallest absolute Gasteiger partial charge is 0.490 e. The molecule has 0 saturated carbocycles. The van der Waals surface area contributed by atoms with Gasteiger partial charge in [0.25, 0.3) is 0 Å². The van der Waals surface area contributed by atoms with Gasteiger partial charge >= 0.3 is 18.2 Å². The number of nitrogens with one attached hydrogen (secondary N) is 7. The Morgan fingerprint density at radius 1 is 0.786 bits per heavy atom. The molecule has 2 unspecified atom stereocenters. The number of phenols is 1. The van der Waals surface area contributed by atoms with Crippen LogP contribution in [-0.2, 0) is 40.1 Å². The highest BCUT2D eigenvalue weighted by atomic mass is 19.4. The van der Waals surface area contributed by atoms with Crippen LogP contribution in [0.1, 0.15) is 68.1 Å². The predicted octanol–water partition coefficient (Wildman–Crippen LogP) is 1.83. The minimum atomic E-state index is -5.08. The van der Waals surface area contributed by atoms with Gasteiger partial charge in [-0.2, -0.15) is 13.2 Å². The average molecular weight is 997 g/mol. The van der Waals surface area contributed by atoms with Crippen LogP contribution in [0.4, 0.5) is 26.7 Å². The fourth-order valence-electron chi connectivity index (χ4n) is 5.76. The molecule has 0 heterocycles. The zero-order chi connectivity index (χ0) is 52.1. The molecular weight excluding hydrogens is 940 g/mol. The SMILES string of the molecule is CCC(=O)NCCNC(=O)NC(N)=NCCCC(NC(=O)C(c1ccccc1)c1cccc(OCCCCNC(=O)CONC(=O)CCN)c1)C(=O)NCc1c(F)cc(O)cc1F.O=C(O)C(F)(F)F. The minimum Gasteiger partial charge on any atom is -0.508 e. The molecule has 0 aliphatic rings. The molecule has 13 N–H and O–H groups in total. The topological polar surface area (TPSA) is 327 Å². The molecule has 3 aromatic carbocycles. The van der Waals surface area contributed by atoms with E-state index in [9.17, 15) is 55.8 Å². The summed E-state index contributed by atoms with van der Waals surface area (Å²) in [7, 11) is 0. The summed E-state index contributed by atoms with van der Waals surface area (Å²) in [5.41, 5.74) is 13.9. The number of halogens is 5. The Balaban J connectivity index is 0.00000222. The van der Waals surface area contributed by atoms with Crippen molar-refractivity contribution in [2.45, 2.75) is 70.1 Å². The molecule has 70 heavy (non-hydrogen) atoms. The quantitative estimate of drug-likeness (QED) is 0.0180. The molecule has 0 fully saturated rings. The Morgan fingerprint density at radius 2 is 1.43 bits per heavy atom. The van der Waals surface area contributed by atoms with Gasteiger partial charge in [0.15, 0.2) is 12.6 Å². The third-order valence-corrected chi connectivity index (χ3v) is 9.18. The number of alkyl halides is 3. The zero-order valence-corrected chi connectivity index (χ0v) is 38.0. The van der Waals surface area contributed by atoms with E-state index < -0.39 is 83.3 Å². The maximum atomic E-state index is 14.5. The molecular formula is C44H57F5N10O11. The van der Waals surface area contributed by atoms with E-state index in [1.807, 2.05) is 0 Å². The number of amides is 7. The Labute approximate surface area is 398 Å². The van der Waals surface area contributed by atoms with Crippen LogP contribution < -0.4 is 53.6 Å². The van der Waals surface area contributed by atoms with Crippen LogP contribution in [0.15, 0.2) is 71.7 Å². The first-order chi connectivity index (χ1) is 33.2. The normalized spacial score (nSPS) is 11.9. The van der Waals surface area contributed by atoms with E-state index >= 15 is 0 Å². The highest BCUT2D eigenvalue weighted by Gasteiger charge is 2.38. The van der Waals surface area contributed by atoms with Gasteiger partial charge in [-0.05, 0) is 48.9 Å². The van der Waals surface area contributed by atoms with Crippen molar-refractivity contribution in [3.63, 3.8) is 0 Å². The number of hydrogen-bond donors (Lipinski definition) is 11. The molecule has 0 aromatic heterocycles. The van der Waals surface area contributed by atoms with Crippen LogP contribution in [0.5, 0.6) is 11.5 Å². The monoisotopic (exact) mass is 996 g/mol. The molecule has 2 atom stereocenters. The third kappa shape index (κ3) is 23.4. The number of carboxylic acids is 1. The lowest BCUT2D eigenvalue weighted by Crippen LogP contribution is -2.48. The molecule has 3 rings (SSSR count). The lowest BCUT2D eigenvalue weighted by atomic mass is 9.90. The Hall–Kier alpha value is -7.61. The molecule has 0 saturated heterocycles. The summed E-state index contributed by atoms with van der Waals surface area (Å²) < 4.78 is 66.8. The number of benzene rings is 3. The number of ether oxygens (including phenoxy) is 1. The molecule has 7 amide bonds. The molecule has 3 aromatic rings. The van der Waals surface area contributed by atoms with Crippen LogP contribution in [0, 0.1) is 11.6 Å². The van der Waals surface area contributed by atoms with Crippen molar-refractivity contribution in [3.8, 4) is 11.5 Å². The minimum absolute atomic E-state index is 0.0110. The third-order valence-electron chi connectivity index (χ3n) is 9.18. The van der Waals surface area contributed by atoms with Crippen LogP contribution >= 0.6 is 0 Å². The van der Waals surface area contributed by atoms with Gasteiger partial charge in [-0.25, -0.2) is 23.9 Å². The number of unbranched alkanes of at least 4 members (excludes halogenated alkanes) is 1. The lowest BCUT2D eigenvalue weighted by molar-refractivity contribution is -0.192. The number of carbonyl (C=O) groups excluding carboxylic acids is 6. The Kier molecular flexibility index (Phi) is 26.3. The maximum absolute atomic E-state index is 14.5. The van der Waals surface area contributed by atoms with Crippen molar-refractivity contribution in [3.05, 3.63) is 95.1 Å². The number of hydroxylamine groups is 1. The predicted molar refractivity (Wildman–Crippen MR) is 241 cm³/mol. The first kappa shape index (κ1) is 58.5. The van der Waals surface area contributed by atoms with Crippen molar-refractivity contribution < 1.29 is 75.3 Å². The van der Waals surface area contributed by atoms with E-state index in [2.05, 4.69) is 42.4 Å². The van der Waals surface area contributed by atoms with E-state index in [1.165, 1.54) is 0 Å². The van der Waals surface area contributed by atoms with Crippen molar-refractivity contribution in [2.24, 2.45) is 16.5 Å². The van der Waals surface area contributed by atoms with Crippen LogP contribution in [0.2, 0.25) is 0 Å². The molecule has 0 aliphatic carbocycles. The van der Waals surface area contributed by atoms with Crippen LogP contribution in [0.3, 0.4) is 0 Å². The van der Waals surface area contributed by atoms with Gasteiger partial charge in [-0.3, -0.25) is 39.1 Å². The standard InChI is InChI=1S/C42H56F2N10O9.C2HF3O2/c1-2-35(56)48-19-20-50-42(61)53-41(46)49-18-9-14-34(39(59)51-25-31-32(43)23-29(55)24-33(31)44)52-40(60)38(27-10-4-3-5-11-27)28-12-8-13-30(22-28)62-21-7-6-17-47-37(58)26-63-54-36(57)15-16-45;3-2(4,5)1(6)7/h3-5,8,10-13,22-24,34,38,55H,2,6-7,9,14-21,25-26,45H2,1H3,(H,47,58)(H,48,56)(H,51,59)(H,52,60)(H,54,57)(H4,46,49,50,53,61);(H,6,7).